The van der Waals surface area contributed by atoms with E-state index in [4.69, 9.17) is 0 Å². The summed E-state index contributed by atoms with van der Waals surface area (Å²) in [6, 6.07) is 9.07. The minimum absolute atomic E-state index is 0.0307. The van der Waals surface area contributed by atoms with Crippen LogP contribution in [0.3, 0.4) is 0 Å². The third kappa shape index (κ3) is 4.98. The molecular weight excluding hydrogens is 446 g/mol. The van der Waals surface area contributed by atoms with Gasteiger partial charge in [0.1, 0.15) is 4.21 Å². The Labute approximate surface area is 180 Å². The Bertz CT molecular complexity index is 1110. The number of carbonyl (C=O) groups excluding carboxylic acids is 1. The van der Waals surface area contributed by atoms with Crippen molar-refractivity contribution in [3.05, 3.63) is 54.4 Å². The lowest BCUT2D eigenvalue weighted by Crippen LogP contribution is -2.37. The lowest BCUT2D eigenvalue weighted by atomic mass is 10.3. The van der Waals surface area contributed by atoms with E-state index >= 15 is 0 Å². The fourth-order valence-corrected chi connectivity index (χ4v) is 7.18. The molecule has 162 valence electrons. The van der Waals surface area contributed by atoms with E-state index in [2.05, 4.69) is 11.9 Å². The zero-order valence-corrected chi connectivity index (χ0v) is 18.7. The van der Waals surface area contributed by atoms with Gasteiger partial charge in [0.25, 0.3) is 10.0 Å². The molecule has 2 aromatic rings. The first kappa shape index (κ1) is 22.6. The summed E-state index contributed by atoms with van der Waals surface area (Å²) < 4.78 is 53.5. The van der Waals surface area contributed by atoms with Crippen LogP contribution in [0.4, 0.5) is 5.69 Å². The largest absolute Gasteiger partial charge is 0.325 e. The maximum Gasteiger partial charge on any atom is 0.253 e. The maximum absolute atomic E-state index is 12.7. The number of sulfonamides is 2. The number of nitrogens with one attached hydrogen (secondary N) is 1. The summed E-state index contributed by atoms with van der Waals surface area (Å²) >= 11 is 1.06. The molecule has 1 aliphatic rings. The van der Waals surface area contributed by atoms with E-state index in [1.165, 1.54) is 28.6 Å². The van der Waals surface area contributed by atoms with E-state index < -0.39 is 32.5 Å². The lowest BCUT2D eigenvalue weighted by Gasteiger charge is -2.19. The van der Waals surface area contributed by atoms with Crippen LogP contribution < -0.4 is 5.32 Å². The minimum Gasteiger partial charge on any atom is -0.325 e. The molecular formula is C19H23N3O5S3. The molecule has 2 heterocycles. The molecule has 30 heavy (non-hydrogen) atoms. The standard InChI is InChI=1S/C19H23N3O5S3/c1-2-10-22(30(26,27)19-9-6-13-28-19)15-18(23)20-16-7-5-8-17(14-16)29(24,25)21-11-3-4-12-21/h2,5-9,13-14H,1,3-4,10-12,15H2,(H,20,23). The van der Waals surface area contributed by atoms with Gasteiger partial charge < -0.3 is 5.32 Å². The fraction of sp³-hybridized carbons (Fsp3) is 0.316. The minimum atomic E-state index is -3.83. The van der Waals surface area contributed by atoms with Gasteiger partial charge in [0.05, 0.1) is 11.4 Å². The topological polar surface area (TPSA) is 104 Å². The van der Waals surface area contributed by atoms with Gasteiger partial charge in [-0.3, -0.25) is 4.79 Å². The van der Waals surface area contributed by atoms with Crippen LogP contribution in [0.5, 0.6) is 0 Å². The molecule has 0 bridgehead atoms. The number of nitrogens with zero attached hydrogens (tertiary/aromatic N) is 2. The SMILES string of the molecule is C=CCN(CC(=O)Nc1cccc(S(=O)(=O)N2CCCC2)c1)S(=O)(=O)c1cccs1. The number of benzene rings is 1. The summed E-state index contributed by atoms with van der Waals surface area (Å²) in [5.41, 5.74) is 0.285. The van der Waals surface area contributed by atoms with Crippen molar-refractivity contribution in [2.75, 3.05) is 31.5 Å². The van der Waals surface area contributed by atoms with Crippen LogP contribution in [0.1, 0.15) is 12.8 Å². The van der Waals surface area contributed by atoms with Crippen molar-refractivity contribution in [1.29, 1.82) is 0 Å². The molecule has 0 spiro atoms. The predicted molar refractivity (Wildman–Crippen MR) is 116 cm³/mol. The molecule has 11 heteroatoms. The summed E-state index contributed by atoms with van der Waals surface area (Å²) in [7, 11) is -7.45. The van der Waals surface area contributed by atoms with Crippen LogP contribution >= 0.6 is 11.3 Å². The molecule has 1 aromatic heterocycles. The molecule has 0 radical (unpaired) electrons. The monoisotopic (exact) mass is 469 g/mol. The second kappa shape index (κ2) is 9.40. The van der Waals surface area contributed by atoms with Gasteiger partial charge in [-0.1, -0.05) is 18.2 Å². The van der Waals surface area contributed by atoms with Crippen LogP contribution in [0.25, 0.3) is 0 Å². The number of hydrogen-bond donors (Lipinski definition) is 1. The second-order valence-corrected chi connectivity index (χ2v) is 11.8. The highest BCUT2D eigenvalue weighted by Gasteiger charge is 2.28. The van der Waals surface area contributed by atoms with Crippen molar-refractivity contribution in [2.24, 2.45) is 0 Å². The zero-order valence-electron chi connectivity index (χ0n) is 16.2. The summed E-state index contributed by atoms with van der Waals surface area (Å²) in [6.07, 6.45) is 3.06. The highest BCUT2D eigenvalue weighted by atomic mass is 32.2. The smallest absolute Gasteiger partial charge is 0.253 e. The molecule has 0 unspecified atom stereocenters. The Morgan fingerprint density at radius 3 is 2.53 bits per heavy atom. The van der Waals surface area contributed by atoms with Crippen molar-refractivity contribution in [3.8, 4) is 0 Å². The Hall–Kier alpha value is -2.05. The molecule has 1 N–H and O–H groups in total. The fourth-order valence-electron chi connectivity index (χ4n) is 3.10. The van der Waals surface area contributed by atoms with Crippen LogP contribution in [-0.4, -0.2) is 57.5 Å². The van der Waals surface area contributed by atoms with Gasteiger partial charge in [0, 0.05) is 25.3 Å². The first-order valence-corrected chi connectivity index (χ1v) is 13.1. The van der Waals surface area contributed by atoms with Gasteiger partial charge in [0.15, 0.2) is 0 Å². The molecule has 1 saturated heterocycles. The molecule has 0 saturated carbocycles. The maximum atomic E-state index is 12.7. The van der Waals surface area contributed by atoms with Gasteiger partial charge in [-0.25, -0.2) is 16.8 Å². The number of rotatable bonds is 9. The van der Waals surface area contributed by atoms with Crippen molar-refractivity contribution >= 4 is 43.0 Å². The molecule has 1 amide bonds. The number of hydrogen-bond acceptors (Lipinski definition) is 6. The van der Waals surface area contributed by atoms with E-state index in [1.54, 1.807) is 23.6 Å². The summed E-state index contributed by atoms with van der Waals surface area (Å²) in [4.78, 5) is 12.6. The van der Waals surface area contributed by atoms with E-state index in [0.29, 0.717) is 13.1 Å². The van der Waals surface area contributed by atoms with Crippen molar-refractivity contribution in [3.63, 3.8) is 0 Å². The van der Waals surface area contributed by atoms with E-state index in [0.717, 1.165) is 28.5 Å². The first-order valence-electron chi connectivity index (χ1n) is 9.30. The summed E-state index contributed by atoms with van der Waals surface area (Å²) in [5.74, 6) is -0.576. The molecule has 1 fully saturated rings. The van der Waals surface area contributed by atoms with Gasteiger partial charge in [-0.15, -0.1) is 17.9 Å². The molecule has 0 atom stereocenters. The first-order chi connectivity index (χ1) is 14.2. The third-order valence-electron chi connectivity index (χ3n) is 4.56. The Morgan fingerprint density at radius 1 is 1.17 bits per heavy atom. The number of amides is 1. The van der Waals surface area contributed by atoms with Crippen LogP contribution in [0.2, 0.25) is 0 Å². The lowest BCUT2D eigenvalue weighted by molar-refractivity contribution is -0.116. The van der Waals surface area contributed by atoms with E-state index in [9.17, 15) is 21.6 Å². The zero-order chi connectivity index (χ0) is 21.8. The van der Waals surface area contributed by atoms with Crippen molar-refractivity contribution in [2.45, 2.75) is 21.9 Å². The highest BCUT2D eigenvalue weighted by Crippen LogP contribution is 2.24. The molecule has 1 aromatic carbocycles. The van der Waals surface area contributed by atoms with E-state index in [1.807, 2.05) is 0 Å². The molecule has 0 aliphatic carbocycles. The Balaban J connectivity index is 1.74. The number of thiophene rings is 1. The number of anilines is 1. The van der Waals surface area contributed by atoms with Crippen LogP contribution in [0, 0.1) is 0 Å². The average Bonchev–Trinajstić information content (AvgIpc) is 3.42. The average molecular weight is 470 g/mol. The van der Waals surface area contributed by atoms with Crippen molar-refractivity contribution in [1.82, 2.24) is 8.61 Å². The number of carbonyl (C=O) groups is 1. The highest BCUT2D eigenvalue weighted by molar-refractivity contribution is 7.91. The van der Waals surface area contributed by atoms with E-state index in [-0.39, 0.29) is 21.3 Å². The van der Waals surface area contributed by atoms with Crippen LogP contribution in [0.15, 0.2) is 63.5 Å². The third-order valence-corrected chi connectivity index (χ3v) is 9.64. The molecule has 3 rings (SSSR count). The normalized spacial score (nSPS) is 15.4. The Kier molecular flexibility index (Phi) is 7.09. The summed E-state index contributed by atoms with van der Waals surface area (Å²) in [5, 5.41) is 4.24. The van der Waals surface area contributed by atoms with Crippen LogP contribution in [-0.2, 0) is 24.8 Å². The van der Waals surface area contributed by atoms with Gasteiger partial charge in [0.2, 0.25) is 15.9 Å². The van der Waals surface area contributed by atoms with Crippen molar-refractivity contribution < 1.29 is 21.6 Å². The van der Waals surface area contributed by atoms with Gasteiger partial charge >= 0.3 is 0 Å². The Morgan fingerprint density at radius 2 is 1.90 bits per heavy atom. The van der Waals surface area contributed by atoms with Gasteiger partial charge in [-0.05, 0) is 42.5 Å². The second-order valence-electron chi connectivity index (χ2n) is 6.71. The predicted octanol–water partition coefficient (Wildman–Crippen LogP) is 2.35. The quantitative estimate of drug-likeness (QED) is 0.568. The molecule has 8 nitrogen and oxygen atoms in total. The van der Waals surface area contributed by atoms with Gasteiger partial charge in [-0.2, -0.15) is 8.61 Å². The molecule has 1 aliphatic heterocycles. The summed E-state index contributed by atoms with van der Waals surface area (Å²) in [6.45, 7) is 4.07.